The summed E-state index contributed by atoms with van der Waals surface area (Å²) >= 11 is 12.3. The molecular formula is C20H23Cl2NO3. The highest BCUT2D eigenvalue weighted by Gasteiger charge is 2.39. The minimum Gasteiger partial charge on any atom is -0.465 e. The fourth-order valence-corrected chi connectivity index (χ4v) is 4.53. The van der Waals surface area contributed by atoms with Gasteiger partial charge in [0.2, 0.25) is 5.91 Å². The van der Waals surface area contributed by atoms with Crippen molar-refractivity contribution in [3.8, 4) is 0 Å². The van der Waals surface area contributed by atoms with Crippen LogP contribution < -0.4 is 0 Å². The highest BCUT2D eigenvalue weighted by atomic mass is 35.5. The summed E-state index contributed by atoms with van der Waals surface area (Å²) in [6.07, 6.45) is 6.01. The average Bonchev–Trinajstić information content (AvgIpc) is 2.60. The van der Waals surface area contributed by atoms with Crippen molar-refractivity contribution in [2.24, 2.45) is 16.8 Å². The first-order valence-corrected chi connectivity index (χ1v) is 9.91. The molecule has 1 aromatic rings. The maximum atomic E-state index is 12.8. The fourth-order valence-electron chi connectivity index (χ4n) is 3.98. The number of esters is 1. The molecule has 1 fully saturated rings. The molecule has 0 N–H and O–H groups in total. The molecule has 1 aliphatic heterocycles. The summed E-state index contributed by atoms with van der Waals surface area (Å²) in [6.45, 7) is 2.15. The molecule has 2 atom stereocenters. The summed E-state index contributed by atoms with van der Waals surface area (Å²) < 4.78 is 5.64. The Balaban J connectivity index is 1.79. The number of ether oxygens (including phenoxy) is 1. The molecule has 3 rings (SSSR count). The standard InChI is InChI=1S/C20H23Cl2NO3/c1-12-19(20(25)26-11-13-5-3-2-4-6-13)16(10-18(24)23-12)15-8-7-14(21)9-17(15)22/h7-9,13,16,19H,2-6,10-11H2,1H3. The van der Waals surface area contributed by atoms with Crippen LogP contribution in [0.5, 0.6) is 0 Å². The second-order valence-electron chi connectivity index (χ2n) is 7.24. The second kappa shape index (κ2) is 8.53. The molecule has 4 nitrogen and oxygen atoms in total. The van der Waals surface area contributed by atoms with E-state index in [1.165, 1.54) is 19.3 Å². The highest BCUT2D eigenvalue weighted by Crippen LogP contribution is 2.38. The zero-order valence-electron chi connectivity index (χ0n) is 14.8. The zero-order chi connectivity index (χ0) is 18.7. The molecule has 1 amide bonds. The molecular weight excluding hydrogens is 373 g/mol. The molecule has 0 spiro atoms. The third-order valence-electron chi connectivity index (χ3n) is 5.35. The van der Waals surface area contributed by atoms with Crippen LogP contribution in [0.25, 0.3) is 0 Å². The number of carbonyl (C=O) groups excluding carboxylic acids is 2. The van der Waals surface area contributed by atoms with Crippen LogP contribution in [0.4, 0.5) is 0 Å². The van der Waals surface area contributed by atoms with E-state index >= 15 is 0 Å². The van der Waals surface area contributed by atoms with E-state index in [1.807, 2.05) is 0 Å². The van der Waals surface area contributed by atoms with Crippen LogP contribution in [-0.2, 0) is 14.3 Å². The van der Waals surface area contributed by atoms with Crippen molar-refractivity contribution >= 4 is 40.8 Å². The summed E-state index contributed by atoms with van der Waals surface area (Å²) in [4.78, 5) is 28.8. The molecule has 0 aromatic heterocycles. The number of nitrogens with zero attached hydrogens (tertiary/aromatic N) is 1. The number of halogens is 2. The third-order valence-corrected chi connectivity index (χ3v) is 5.91. The first kappa shape index (κ1) is 19.4. The molecule has 0 saturated heterocycles. The topological polar surface area (TPSA) is 55.7 Å². The van der Waals surface area contributed by atoms with Crippen LogP contribution in [0.15, 0.2) is 23.2 Å². The Bertz CT molecular complexity index is 726. The molecule has 1 saturated carbocycles. The van der Waals surface area contributed by atoms with Gasteiger partial charge in [0.05, 0.1) is 6.61 Å². The van der Waals surface area contributed by atoms with Gasteiger partial charge in [-0.05, 0) is 43.4 Å². The number of rotatable bonds is 4. The van der Waals surface area contributed by atoms with Gasteiger partial charge >= 0.3 is 5.97 Å². The first-order valence-electron chi connectivity index (χ1n) is 9.15. The summed E-state index contributed by atoms with van der Waals surface area (Å²) in [5.74, 6) is -1.08. The SMILES string of the molecule is CC1=NC(=O)CC(c2ccc(Cl)cc2Cl)C1C(=O)OCC1CCCCC1. The van der Waals surface area contributed by atoms with E-state index in [4.69, 9.17) is 27.9 Å². The van der Waals surface area contributed by atoms with Gasteiger partial charge in [0.25, 0.3) is 0 Å². The van der Waals surface area contributed by atoms with Gasteiger partial charge in [-0.3, -0.25) is 9.59 Å². The molecule has 6 heteroatoms. The van der Waals surface area contributed by atoms with Crippen LogP contribution in [0.1, 0.15) is 56.9 Å². The predicted octanol–water partition coefficient (Wildman–Crippen LogP) is 5.21. The molecule has 0 radical (unpaired) electrons. The van der Waals surface area contributed by atoms with Gasteiger partial charge in [0.1, 0.15) is 5.92 Å². The van der Waals surface area contributed by atoms with E-state index in [9.17, 15) is 9.59 Å². The largest absolute Gasteiger partial charge is 0.465 e. The van der Waals surface area contributed by atoms with Crippen molar-refractivity contribution in [2.45, 2.75) is 51.4 Å². The molecule has 1 aromatic carbocycles. The number of hydrogen-bond donors (Lipinski definition) is 0. The van der Waals surface area contributed by atoms with E-state index < -0.39 is 5.92 Å². The number of hydrogen-bond acceptors (Lipinski definition) is 3. The molecule has 1 aliphatic carbocycles. The Hall–Kier alpha value is -1.39. The Morgan fingerprint density at radius 3 is 2.65 bits per heavy atom. The van der Waals surface area contributed by atoms with Gasteiger partial charge in [-0.25, -0.2) is 4.99 Å². The van der Waals surface area contributed by atoms with Gasteiger partial charge < -0.3 is 4.74 Å². The summed E-state index contributed by atoms with van der Waals surface area (Å²) in [6, 6.07) is 5.13. The smallest absolute Gasteiger partial charge is 0.315 e. The van der Waals surface area contributed by atoms with Gasteiger partial charge in [-0.2, -0.15) is 0 Å². The Labute approximate surface area is 163 Å². The van der Waals surface area contributed by atoms with E-state index in [0.717, 1.165) is 18.4 Å². The van der Waals surface area contributed by atoms with Crippen molar-refractivity contribution in [2.75, 3.05) is 6.61 Å². The molecule has 0 bridgehead atoms. The third kappa shape index (κ3) is 4.47. The highest BCUT2D eigenvalue weighted by molar-refractivity contribution is 6.35. The minimum atomic E-state index is -0.588. The Morgan fingerprint density at radius 2 is 1.96 bits per heavy atom. The lowest BCUT2D eigenvalue weighted by Crippen LogP contribution is -2.36. The Kier molecular flexibility index (Phi) is 6.36. The van der Waals surface area contributed by atoms with Crippen molar-refractivity contribution in [1.29, 1.82) is 0 Å². The molecule has 2 aliphatic rings. The maximum absolute atomic E-state index is 12.8. The monoisotopic (exact) mass is 395 g/mol. The van der Waals surface area contributed by atoms with Gasteiger partial charge in [0.15, 0.2) is 0 Å². The lowest BCUT2D eigenvalue weighted by molar-refractivity contribution is -0.148. The molecule has 2 unspecified atom stereocenters. The fraction of sp³-hybridized carbons (Fsp3) is 0.550. The molecule has 1 heterocycles. The van der Waals surface area contributed by atoms with Crippen LogP contribution in [-0.4, -0.2) is 24.2 Å². The van der Waals surface area contributed by atoms with Crippen LogP contribution in [0.3, 0.4) is 0 Å². The predicted molar refractivity (Wildman–Crippen MR) is 103 cm³/mol. The van der Waals surface area contributed by atoms with Crippen molar-refractivity contribution in [3.05, 3.63) is 33.8 Å². The van der Waals surface area contributed by atoms with Gasteiger partial charge in [-0.1, -0.05) is 48.5 Å². The number of amides is 1. The Morgan fingerprint density at radius 1 is 1.23 bits per heavy atom. The normalized spacial score (nSPS) is 24.3. The van der Waals surface area contributed by atoms with Crippen LogP contribution in [0.2, 0.25) is 10.0 Å². The van der Waals surface area contributed by atoms with Crippen LogP contribution in [0, 0.1) is 11.8 Å². The number of benzene rings is 1. The van der Waals surface area contributed by atoms with Crippen molar-refractivity contribution < 1.29 is 14.3 Å². The lowest BCUT2D eigenvalue weighted by Gasteiger charge is -2.30. The van der Waals surface area contributed by atoms with E-state index in [0.29, 0.717) is 28.3 Å². The molecule has 26 heavy (non-hydrogen) atoms. The van der Waals surface area contributed by atoms with Crippen molar-refractivity contribution in [1.82, 2.24) is 0 Å². The van der Waals surface area contributed by atoms with Gasteiger partial charge in [-0.15, -0.1) is 0 Å². The second-order valence-corrected chi connectivity index (χ2v) is 8.08. The molecule has 140 valence electrons. The minimum absolute atomic E-state index is 0.141. The van der Waals surface area contributed by atoms with Gasteiger partial charge in [0, 0.05) is 28.1 Å². The summed E-state index contributed by atoms with van der Waals surface area (Å²) in [7, 11) is 0. The van der Waals surface area contributed by atoms with E-state index in [2.05, 4.69) is 4.99 Å². The van der Waals surface area contributed by atoms with E-state index in [-0.39, 0.29) is 24.2 Å². The van der Waals surface area contributed by atoms with E-state index in [1.54, 1.807) is 25.1 Å². The maximum Gasteiger partial charge on any atom is 0.315 e. The quantitative estimate of drug-likeness (QED) is 0.657. The zero-order valence-corrected chi connectivity index (χ0v) is 16.4. The summed E-state index contributed by atoms with van der Waals surface area (Å²) in [5, 5.41) is 0.970. The number of carbonyl (C=O) groups is 2. The van der Waals surface area contributed by atoms with Crippen molar-refractivity contribution in [3.63, 3.8) is 0 Å². The lowest BCUT2D eigenvalue weighted by atomic mass is 9.79. The average molecular weight is 396 g/mol. The first-order chi connectivity index (χ1) is 12.5. The summed E-state index contributed by atoms with van der Waals surface area (Å²) in [5.41, 5.74) is 1.23. The number of aliphatic imine (C=N–C) groups is 1. The van der Waals surface area contributed by atoms with Crippen LogP contribution >= 0.6 is 23.2 Å².